The van der Waals surface area contributed by atoms with E-state index < -0.39 is 28.5 Å². The van der Waals surface area contributed by atoms with Crippen LogP contribution in [0.4, 0.5) is 0 Å². The summed E-state index contributed by atoms with van der Waals surface area (Å²) in [5.74, 6) is -0.718. The maximum absolute atomic E-state index is 13.9. The lowest BCUT2D eigenvalue weighted by atomic mass is 10.0. The second-order valence-electron chi connectivity index (χ2n) is 9.57. The largest absolute Gasteiger partial charge is 0.354 e. The molecule has 0 fully saturated rings. The molecule has 0 spiro atoms. The molecule has 3 aromatic carbocycles. The van der Waals surface area contributed by atoms with Gasteiger partial charge in [-0.1, -0.05) is 89.4 Å². The lowest BCUT2D eigenvalue weighted by Crippen LogP contribution is -2.53. The highest BCUT2D eigenvalue weighted by Crippen LogP contribution is 2.19. The number of amides is 2. The Morgan fingerprint density at radius 2 is 1.56 bits per heavy atom. The molecule has 2 amide bonds. The Labute approximate surface area is 240 Å². The number of unbranched alkanes of at least 4 members (excludes halogenated alkanes) is 1. The molecule has 0 heterocycles. The number of nitrogens with zero attached hydrogens (tertiary/aromatic N) is 2. The third kappa shape index (κ3) is 8.74. The fourth-order valence-corrected chi connectivity index (χ4v) is 5.49. The summed E-state index contributed by atoms with van der Waals surface area (Å²) in [7, 11) is -2.52. The Morgan fingerprint density at radius 3 is 2.18 bits per heavy atom. The molecule has 0 radical (unpaired) electrons. The lowest BCUT2D eigenvalue weighted by molar-refractivity contribution is -0.141. The minimum atomic E-state index is -3.91. The van der Waals surface area contributed by atoms with Gasteiger partial charge in [0.05, 0.1) is 11.4 Å². The van der Waals surface area contributed by atoms with E-state index in [9.17, 15) is 18.0 Å². The van der Waals surface area contributed by atoms with Crippen LogP contribution in [0, 0.1) is 6.92 Å². The SMILES string of the molecule is CCCCNC(=O)C(Cc1ccccc1)N(Cc1ccc(Br)cc1)C(=O)CN(C)S(=O)(=O)c1ccc(C)cc1. The van der Waals surface area contributed by atoms with Gasteiger partial charge < -0.3 is 10.2 Å². The van der Waals surface area contributed by atoms with E-state index in [1.165, 1.54) is 24.1 Å². The highest BCUT2D eigenvalue weighted by molar-refractivity contribution is 9.10. The first-order valence-corrected chi connectivity index (χ1v) is 15.2. The molecule has 3 aromatic rings. The predicted octanol–water partition coefficient (Wildman–Crippen LogP) is 4.93. The second-order valence-corrected chi connectivity index (χ2v) is 12.5. The molecule has 0 aliphatic rings. The van der Waals surface area contributed by atoms with Crippen LogP contribution in [0.1, 0.15) is 36.5 Å². The van der Waals surface area contributed by atoms with Crippen molar-refractivity contribution in [3.63, 3.8) is 0 Å². The number of hydrogen-bond donors (Lipinski definition) is 1. The van der Waals surface area contributed by atoms with E-state index in [2.05, 4.69) is 21.2 Å². The smallest absolute Gasteiger partial charge is 0.243 e. The molecule has 0 aliphatic heterocycles. The van der Waals surface area contributed by atoms with Crippen LogP contribution in [0.15, 0.2) is 88.2 Å². The van der Waals surface area contributed by atoms with E-state index in [0.29, 0.717) is 13.0 Å². The molecule has 7 nitrogen and oxygen atoms in total. The van der Waals surface area contributed by atoms with Crippen molar-refractivity contribution in [1.82, 2.24) is 14.5 Å². The Morgan fingerprint density at radius 1 is 0.923 bits per heavy atom. The number of sulfonamides is 1. The zero-order chi connectivity index (χ0) is 28.4. The fraction of sp³-hybridized carbons (Fsp3) is 0.333. The number of hydrogen-bond acceptors (Lipinski definition) is 4. The van der Waals surface area contributed by atoms with E-state index >= 15 is 0 Å². The number of nitrogens with one attached hydrogen (secondary N) is 1. The third-order valence-corrected chi connectivity index (χ3v) is 8.80. The van der Waals surface area contributed by atoms with Gasteiger partial charge in [0.15, 0.2) is 0 Å². The topological polar surface area (TPSA) is 86.8 Å². The van der Waals surface area contributed by atoms with Crippen molar-refractivity contribution in [1.29, 1.82) is 0 Å². The summed E-state index contributed by atoms with van der Waals surface area (Å²) >= 11 is 3.44. The summed E-state index contributed by atoms with van der Waals surface area (Å²) in [6.07, 6.45) is 2.05. The molecule has 208 valence electrons. The van der Waals surface area contributed by atoms with Gasteiger partial charge in [-0.2, -0.15) is 4.31 Å². The van der Waals surface area contributed by atoms with Crippen LogP contribution in [0.2, 0.25) is 0 Å². The summed E-state index contributed by atoms with van der Waals surface area (Å²) in [6, 6.07) is 22.7. The molecule has 0 aliphatic carbocycles. The van der Waals surface area contributed by atoms with Crippen molar-refractivity contribution in [3.05, 3.63) is 100 Å². The van der Waals surface area contributed by atoms with Crippen LogP contribution >= 0.6 is 15.9 Å². The van der Waals surface area contributed by atoms with Crippen LogP contribution in [0.5, 0.6) is 0 Å². The van der Waals surface area contributed by atoms with Crippen molar-refractivity contribution in [2.45, 2.75) is 50.6 Å². The summed E-state index contributed by atoms with van der Waals surface area (Å²) in [6.45, 7) is 4.18. The first kappa shape index (κ1) is 30.5. The van der Waals surface area contributed by atoms with Crippen LogP contribution in [0.25, 0.3) is 0 Å². The molecule has 0 aromatic heterocycles. The minimum absolute atomic E-state index is 0.112. The number of aryl methyl sites for hydroxylation is 1. The van der Waals surface area contributed by atoms with Crippen LogP contribution < -0.4 is 5.32 Å². The van der Waals surface area contributed by atoms with E-state index in [1.807, 2.05) is 68.4 Å². The van der Waals surface area contributed by atoms with Crippen molar-refractivity contribution in [3.8, 4) is 0 Å². The molecule has 0 bridgehead atoms. The highest BCUT2D eigenvalue weighted by atomic mass is 79.9. The number of rotatable bonds is 13. The molecular weight excluding hydrogens is 578 g/mol. The minimum Gasteiger partial charge on any atom is -0.354 e. The van der Waals surface area contributed by atoms with Crippen molar-refractivity contribution in [2.75, 3.05) is 20.1 Å². The zero-order valence-corrected chi connectivity index (χ0v) is 25.0. The number of benzene rings is 3. The molecular formula is C30H36BrN3O4S. The summed E-state index contributed by atoms with van der Waals surface area (Å²) in [4.78, 5) is 29.0. The van der Waals surface area contributed by atoms with Gasteiger partial charge in [0.1, 0.15) is 6.04 Å². The van der Waals surface area contributed by atoms with Gasteiger partial charge in [0, 0.05) is 31.0 Å². The maximum Gasteiger partial charge on any atom is 0.243 e. The van der Waals surface area contributed by atoms with Gasteiger partial charge in [0.2, 0.25) is 21.8 Å². The van der Waals surface area contributed by atoms with Crippen LogP contribution in [-0.2, 0) is 32.6 Å². The van der Waals surface area contributed by atoms with Crippen molar-refractivity contribution >= 4 is 37.8 Å². The van der Waals surface area contributed by atoms with E-state index in [0.717, 1.165) is 38.3 Å². The fourth-order valence-electron chi connectivity index (χ4n) is 4.10. The molecule has 1 N–H and O–H groups in total. The van der Waals surface area contributed by atoms with Gasteiger partial charge in [-0.15, -0.1) is 0 Å². The monoisotopic (exact) mass is 613 g/mol. The summed E-state index contributed by atoms with van der Waals surface area (Å²) in [5.41, 5.74) is 2.67. The Hall–Kier alpha value is -3.01. The third-order valence-electron chi connectivity index (χ3n) is 6.45. The molecule has 0 saturated heterocycles. The average molecular weight is 615 g/mol. The Balaban J connectivity index is 1.94. The second kappa shape index (κ2) is 14.4. The Kier molecular flexibility index (Phi) is 11.3. The molecule has 9 heteroatoms. The van der Waals surface area contributed by atoms with Crippen molar-refractivity contribution < 1.29 is 18.0 Å². The van der Waals surface area contributed by atoms with Crippen molar-refractivity contribution in [2.24, 2.45) is 0 Å². The highest BCUT2D eigenvalue weighted by Gasteiger charge is 2.33. The predicted molar refractivity (Wildman–Crippen MR) is 158 cm³/mol. The quantitative estimate of drug-likeness (QED) is 0.277. The number of likely N-dealkylation sites (N-methyl/N-ethyl adjacent to an activating group) is 1. The maximum atomic E-state index is 13.9. The molecule has 1 atom stereocenters. The van der Waals surface area contributed by atoms with Gasteiger partial charge in [-0.05, 0) is 48.7 Å². The van der Waals surface area contributed by atoms with Gasteiger partial charge in [-0.3, -0.25) is 9.59 Å². The van der Waals surface area contributed by atoms with Crippen LogP contribution in [-0.4, -0.2) is 55.6 Å². The van der Waals surface area contributed by atoms with Gasteiger partial charge in [0.25, 0.3) is 0 Å². The van der Waals surface area contributed by atoms with Gasteiger partial charge >= 0.3 is 0 Å². The summed E-state index contributed by atoms with van der Waals surface area (Å²) < 4.78 is 28.4. The first-order valence-electron chi connectivity index (χ1n) is 13.0. The molecule has 1 unspecified atom stereocenters. The number of carbonyl (C=O) groups excluding carboxylic acids is 2. The molecule has 0 saturated carbocycles. The number of carbonyl (C=O) groups is 2. The molecule has 3 rings (SSSR count). The standard InChI is InChI=1S/C30H36BrN3O4S/c1-4-5-19-32-30(36)28(20-24-9-7-6-8-10-24)34(21-25-13-15-26(31)16-14-25)29(35)22-33(3)39(37,38)27-17-11-23(2)12-18-27/h6-18,28H,4-5,19-22H2,1-3H3,(H,32,36). The lowest BCUT2D eigenvalue weighted by Gasteiger charge is -2.32. The summed E-state index contributed by atoms with van der Waals surface area (Å²) in [5, 5.41) is 2.98. The van der Waals surface area contributed by atoms with E-state index in [4.69, 9.17) is 0 Å². The first-order chi connectivity index (χ1) is 18.6. The van der Waals surface area contributed by atoms with Crippen LogP contribution in [0.3, 0.4) is 0 Å². The van der Waals surface area contributed by atoms with E-state index in [-0.39, 0.29) is 17.3 Å². The number of halogens is 1. The normalized spacial score (nSPS) is 12.2. The van der Waals surface area contributed by atoms with E-state index in [1.54, 1.807) is 12.1 Å². The molecule has 39 heavy (non-hydrogen) atoms. The van der Waals surface area contributed by atoms with Gasteiger partial charge in [-0.25, -0.2) is 8.42 Å². The zero-order valence-electron chi connectivity index (χ0n) is 22.6. The Bertz CT molecular complexity index is 1330. The average Bonchev–Trinajstić information content (AvgIpc) is 2.92.